The standard InChI is InChI=1S/C19H22N4O3S2/c1-11-16(19-21-20-18(26-19)13-9-10-13)17(12(2)23(11)3)28(24,25)22-14-7-5-6-8-15(14)27-4/h5-8,13,22H,9-10H2,1-4H3. The van der Waals surface area contributed by atoms with Crippen LogP contribution in [0.15, 0.2) is 38.5 Å². The molecule has 7 nitrogen and oxygen atoms in total. The van der Waals surface area contributed by atoms with Crippen molar-refractivity contribution in [3.05, 3.63) is 41.5 Å². The van der Waals surface area contributed by atoms with E-state index in [9.17, 15) is 8.42 Å². The van der Waals surface area contributed by atoms with Gasteiger partial charge in [-0.25, -0.2) is 8.42 Å². The Bertz CT molecular complexity index is 1140. The molecule has 0 spiro atoms. The molecule has 4 rings (SSSR count). The Balaban J connectivity index is 1.83. The zero-order chi connectivity index (χ0) is 20.1. The van der Waals surface area contributed by atoms with Gasteiger partial charge in [0.1, 0.15) is 4.90 Å². The molecule has 1 N–H and O–H groups in total. The van der Waals surface area contributed by atoms with Crippen LogP contribution in [0, 0.1) is 13.8 Å². The Morgan fingerprint density at radius 1 is 1.18 bits per heavy atom. The topological polar surface area (TPSA) is 90.0 Å². The molecule has 3 aromatic rings. The Kier molecular flexibility index (Phi) is 4.75. The molecule has 148 valence electrons. The minimum Gasteiger partial charge on any atom is -0.420 e. The van der Waals surface area contributed by atoms with Crippen molar-refractivity contribution in [2.45, 2.75) is 42.4 Å². The van der Waals surface area contributed by atoms with Crippen LogP contribution >= 0.6 is 11.8 Å². The van der Waals surface area contributed by atoms with Crippen molar-refractivity contribution in [3.63, 3.8) is 0 Å². The molecule has 9 heteroatoms. The van der Waals surface area contributed by atoms with Gasteiger partial charge in [0.25, 0.3) is 15.9 Å². The summed E-state index contributed by atoms with van der Waals surface area (Å²) in [5.74, 6) is 1.14. The maximum absolute atomic E-state index is 13.4. The van der Waals surface area contributed by atoms with Gasteiger partial charge in [0.2, 0.25) is 5.89 Å². The largest absolute Gasteiger partial charge is 0.420 e. The van der Waals surface area contributed by atoms with E-state index in [0.717, 1.165) is 23.4 Å². The number of hydrogen-bond acceptors (Lipinski definition) is 6. The lowest BCUT2D eigenvalue weighted by Crippen LogP contribution is -2.15. The molecule has 1 fully saturated rings. The average molecular weight is 419 g/mol. The molecule has 0 aliphatic heterocycles. The average Bonchev–Trinajstić information content (AvgIpc) is 3.36. The maximum atomic E-state index is 13.4. The quantitative estimate of drug-likeness (QED) is 0.606. The van der Waals surface area contributed by atoms with Crippen molar-refractivity contribution in [1.82, 2.24) is 14.8 Å². The lowest BCUT2D eigenvalue weighted by Gasteiger charge is -2.12. The minimum absolute atomic E-state index is 0.175. The number of nitrogens with zero attached hydrogens (tertiary/aromatic N) is 3. The smallest absolute Gasteiger partial charge is 0.264 e. The van der Waals surface area contributed by atoms with Gasteiger partial charge >= 0.3 is 0 Å². The third-order valence-corrected chi connectivity index (χ3v) is 7.45. The molecule has 1 saturated carbocycles. The zero-order valence-electron chi connectivity index (χ0n) is 16.2. The van der Waals surface area contributed by atoms with Gasteiger partial charge in [-0.15, -0.1) is 22.0 Å². The number of rotatable bonds is 6. The zero-order valence-corrected chi connectivity index (χ0v) is 17.8. The van der Waals surface area contributed by atoms with Crippen LogP contribution in [0.1, 0.15) is 36.0 Å². The van der Waals surface area contributed by atoms with Gasteiger partial charge in [0.15, 0.2) is 0 Å². The van der Waals surface area contributed by atoms with Crippen LogP contribution < -0.4 is 4.72 Å². The van der Waals surface area contributed by atoms with Gasteiger partial charge in [-0.05, 0) is 45.1 Å². The summed E-state index contributed by atoms with van der Waals surface area (Å²) in [5.41, 5.74) is 2.40. The molecule has 1 aromatic carbocycles. The SMILES string of the molecule is CSc1ccccc1NS(=O)(=O)c1c(-c2nnc(C3CC3)o2)c(C)n(C)c1C. The van der Waals surface area contributed by atoms with Crippen molar-refractivity contribution in [3.8, 4) is 11.5 Å². The first-order valence-electron chi connectivity index (χ1n) is 8.99. The first-order valence-corrected chi connectivity index (χ1v) is 11.7. The van der Waals surface area contributed by atoms with E-state index in [0.29, 0.717) is 28.8 Å². The fraction of sp³-hybridized carbons (Fsp3) is 0.368. The van der Waals surface area contributed by atoms with Crippen molar-refractivity contribution in [2.24, 2.45) is 7.05 Å². The van der Waals surface area contributed by atoms with E-state index >= 15 is 0 Å². The highest BCUT2D eigenvalue weighted by Crippen LogP contribution is 2.42. The number of thioether (sulfide) groups is 1. The molecule has 0 unspecified atom stereocenters. The maximum Gasteiger partial charge on any atom is 0.264 e. The predicted molar refractivity (Wildman–Crippen MR) is 109 cm³/mol. The van der Waals surface area contributed by atoms with E-state index in [4.69, 9.17) is 4.42 Å². The van der Waals surface area contributed by atoms with Gasteiger partial charge < -0.3 is 8.98 Å². The number of aromatic nitrogens is 3. The van der Waals surface area contributed by atoms with Crippen LogP contribution in [0.5, 0.6) is 0 Å². The fourth-order valence-corrected chi connectivity index (χ4v) is 5.47. The molecule has 0 atom stereocenters. The summed E-state index contributed by atoms with van der Waals surface area (Å²) in [4.78, 5) is 1.03. The Hall–Kier alpha value is -2.26. The molecule has 0 bridgehead atoms. The van der Waals surface area contributed by atoms with Crippen LogP contribution in [-0.4, -0.2) is 29.4 Å². The van der Waals surface area contributed by atoms with Crippen LogP contribution in [0.2, 0.25) is 0 Å². The number of sulfonamides is 1. The second kappa shape index (κ2) is 6.97. The van der Waals surface area contributed by atoms with Gasteiger partial charge in [-0.1, -0.05) is 12.1 Å². The normalized spacial score (nSPS) is 14.4. The highest BCUT2D eigenvalue weighted by Gasteiger charge is 2.34. The molecule has 1 aliphatic carbocycles. The van der Waals surface area contributed by atoms with E-state index in [1.807, 2.05) is 43.0 Å². The molecular weight excluding hydrogens is 396 g/mol. The lowest BCUT2D eigenvalue weighted by molar-refractivity contribution is 0.507. The summed E-state index contributed by atoms with van der Waals surface area (Å²) in [6, 6.07) is 7.32. The summed E-state index contributed by atoms with van der Waals surface area (Å²) in [7, 11) is -2.03. The Morgan fingerprint density at radius 2 is 1.89 bits per heavy atom. The Morgan fingerprint density at radius 3 is 2.57 bits per heavy atom. The molecule has 28 heavy (non-hydrogen) atoms. The number of para-hydroxylation sites is 1. The van der Waals surface area contributed by atoms with Crippen molar-refractivity contribution in [2.75, 3.05) is 11.0 Å². The molecule has 0 radical (unpaired) electrons. The van der Waals surface area contributed by atoms with E-state index in [-0.39, 0.29) is 10.8 Å². The van der Waals surface area contributed by atoms with E-state index in [1.54, 1.807) is 13.0 Å². The van der Waals surface area contributed by atoms with Gasteiger partial charge in [-0.2, -0.15) is 0 Å². The van der Waals surface area contributed by atoms with Gasteiger partial charge in [0, 0.05) is 29.2 Å². The first kappa shape index (κ1) is 19.1. The summed E-state index contributed by atoms with van der Waals surface area (Å²) in [5, 5.41) is 8.28. The number of benzene rings is 1. The summed E-state index contributed by atoms with van der Waals surface area (Å²) >= 11 is 1.48. The second-order valence-corrected chi connectivity index (χ2v) is 9.43. The number of anilines is 1. The molecule has 0 amide bonds. The van der Waals surface area contributed by atoms with E-state index in [1.165, 1.54) is 11.8 Å². The molecule has 1 aliphatic rings. The van der Waals surface area contributed by atoms with Crippen LogP contribution in [0.3, 0.4) is 0 Å². The van der Waals surface area contributed by atoms with Crippen molar-refractivity contribution >= 4 is 27.5 Å². The molecule has 2 aromatic heterocycles. The molecular formula is C19H22N4O3S2. The monoisotopic (exact) mass is 418 g/mol. The highest BCUT2D eigenvalue weighted by molar-refractivity contribution is 7.99. The lowest BCUT2D eigenvalue weighted by atomic mass is 10.2. The molecule has 2 heterocycles. The third kappa shape index (κ3) is 3.22. The summed E-state index contributed by atoms with van der Waals surface area (Å²) in [6.07, 6.45) is 3.98. The number of nitrogens with one attached hydrogen (secondary N) is 1. The minimum atomic E-state index is -3.86. The summed E-state index contributed by atoms with van der Waals surface area (Å²) < 4.78 is 37.2. The van der Waals surface area contributed by atoms with Gasteiger partial charge in [0.05, 0.1) is 11.3 Å². The third-order valence-electron chi connectivity index (χ3n) is 5.12. The first-order chi connectivity index (χ1) is 13.3. The van der Waals surface area contributed by atoms with Crippen LogP contribution in [0.4, 0.5) is 5.69 Å². The molecule has 0 saturated heterocycles. The fourth-order valence-electron chi connectivity index (χ4n) is 3.25. The van der Waals surface area contributed by atoms with Crippen LogP contribution in [0.25, 0.3) is 11.5 Å². The van der Waals surface area contributed by atoms with E-state index in [2.05, 4.69) is 14.9 Å². The van der Waals surface area contributed by atoms with Gasteiger partial charge in [-0.3, -0.25) is 4.72 Å². The van der Waals surface area contributed by atoms with E-state index < -0.39 is 10.0 Å². The number of hydrogen-bond donors (Lipinski definition) is 1. The van der Waals surface area contributed by atoms with Crippen LogP contribution in [-0.2, 0) is 17.1 Å². The Labute approximate surface area is 168 Å². The highest BCUT2D eigenvalue weighted by atomic mass is 32.2. The van der Waals surface area contributed by atoms with Crippen molar-refractivity contribution < 1.29 is 12.8 Å². The van der Waals surface area contributed by atoms with Crippen molar-refractivity contribution in [1.29, 1.82) is 0 Å². The summed E-state index contributed by atoms with van der Waals surface area (Å²) in [6.45, 7) is 3.64. The second-order valence-electron chi connectivity index (χ2n) is 6.96. The predicted octanol–water partition coefficient (Wildman–Crippen LogP) is 4.09.